The van der Waals surface area contributed by atoms with E-state index in [-0.39, 0.29) is 13.4 Å². The van der Waals surface area contributed by atoms with Crippen molar-refractivity contribution in [2.75, 3.05) is 6.61 Å². The fraction of sp³-hybridized carbons (Fsp3) is 0.842. The van der Waals surface area contributed by atoms with Crippen LogP contribution in [0.3, 0.4) is 0 Å². The Morgan fingerprint density at radius 3 is 1.76 bits per heavy atom. The second-order valence-electron chi connectivity index (χ2n) is 5.48. The maximum Gasteiger partial charge on any atom is 0.330 e. The van der Waals surface area contributed by atoms with Gasteiger partial charge in [0.25, 0.3) is 0 Å². The summed E-state index contributed by atoms with van der Waals surface area (Å²) >= 11 is 0. The van der Waals surface area contributed by atoms with Crippen molar-refractivity contribution >= 4 is 5.97 Å². The van der Waals surface area contributed by atoms with Crippen LogP contribution in [0.5, 0.6) is 0 Å². The predicted molar refractivity (Wildman–Crippen MR) is 93.6 cm³/mol. The van der Waals surface area contributed by atoms with Crippen LogP contribution >= 0.6 is 0 Å². The van der Waals surface area contributed by atoms with E-state index in [0.29, 0.717) is 6.61 Å². The molecule has 0 amide bonds. The first-order valence-electron chi connectivity index (χ1n) is 8.64. The van der Waals surface area contributed by atoms with Gasteiger partial charge in [-0.2, -0.15) is 0 Å². The summed E-state index contributed by atoms with van der Waals surface area (Å²) in [7, 11) is 0. The van der Waals surface area contributed by atoms with E-state index < -0.39 is 0 Å². The van der Waals surface area contributed by atoms with E-state index in [0.717, 1.165) is 6.42 Å². The van der Waals surface area contributed by atoms with Gasteiger partial charge in [0.05, 0.1) is 6.61 Å². The number of hydrogen-bond donors (Lipinski definition) is 0. The largest absolute Gasteiger partial charge is 0.463 e. The summed E-state index contributed by atoms with van der Waals surface area (Å²) < 4.78 is 4.82. The lowest BCUT2D eigenvalue weighted by Crippen LogP contribution is -1.98. The lowest BCUT2D eigenvalue weighted by molar-refractivity contribution is -0.137. The van der Waals surface area contributed by atoms with Gasteiger partial charge in [0.1, 0.15) is 0 Å². The predicted octanol–water partition coefficient (Wildman–Crippen LogP) is 6.44. The average molecular weight is 299 g/mol. The summed E-state index contributed by atoms with van der Waals surface area (Å²) in [6.07, 6.45) is 19.5. The molecule has 0 aliphatic rings. The molecular formula is C19H38O2. The van der Waals surface area contributed by atoms with Gasteiger partial charge in [-0.15, -0.1) is 0 Å². The zero-order valence-corrected chi connectivity index (χ0v) is 13.7. The number of carbonyl (C=O) groups is 1. The molecule has 21 heavy (non-hydrogen) atoms. The highest BCUT2D eigenvalue weighted by Gasteiger charge is 1.94. The molecule has 0 heterocycles. The third kappa shape index (κ3) is 19.2. The molecule has 0 N–H and O–H groups in total. The molecule has 0 bridgehead atoms. The van der Waals surface area contributed by atoms with Crippen LogP contribution in [0.15, 0.2) is 12.2 Å². The molecular weight excluding hydrogens is 260 g/mol. The molecule has 0 rings (SSSR count). The van der Waals surface area contributed by atoms with Crippen molar-refractivity contribution in [3.63, 3.8) is 0 Å². The number of rotatable bonds is 14. The summed E-state index contributed by atoms with van der Waals surface area (Å²) in [4.78, 5) is 11.0. The SMILES string of the molecule is C.CCCCCCCCCCCCCC=CC(=O)OCC. The van der Waals surface area contributed by atoms with Gasteiger partial charge in [-0.3, -0.25) is 0 Å². The average Bonchev–Trinajstić information content (AvgIpc) is 2.44. The highest BCUT2D eigenvalue weighted by Crippen LogP contribution is 2.11. The second-order valence-corrected chi connectivity index (χ2v) is 5.48. The Kier molecular flexibility index (Phi) is 20.6. The molecule has 0 atom stereocenters. The summed E-state index contributed by atoms with van der Waals surface area (Å²) in [5.41, 5.74) is 0. The minimum atomic E-state index is -0.212. The summed E-state index contributed by atoms with van der Waals surface area (Å²) in [5, 5.41) is 0. The quantitative estimate of drug-likeness (QED) is 0.209. The number of unbranched alkanes of at least 4 members (excludes halogenated alkanes) is 11. The van der Waals surface area contributed by atoms with Crippen LogP contribution in [0.4, 0.5) is 0 Å². The normalized spacial score (nSPS) is 10.6. The molecule has 0 aromatic carbocycles. The van der Waals surface area contributed by atoms with E-state index in [2.05, 4.69) is 6.92 Å². The molecule has 0 spiro atoms. The van der Waals surface area contributed by atoms with Crippen molar-refractivity contribution in [3.8, 4) is 0 Å². The highest BCUT2D eigenvalue weighted by atomic mass is 16.5. The smallest absolute Gasteiger partial charge is 0.330 e. The fourth-order valence-electron chi connectivity index (χ4n) is 2.30. The summed E-state index contributed by atoms with van der Waals surface area (Å²) in [5.74, 6) is -0.212. The first-order chi connectivity index (χ1) is 9.81. The van der Waals surface area contributed by atoms with Gasteiger partial charge in [0, 0.05) is 6.08 Å². The van der Waals surface area contributed by atoms with Gasteiger partial charge in [0.15, 0.2) is 0 Å². The zero-order chi connectivity index (χ0) is 14.9. The molecule has 126 valence electrons. The molecule has 0 saturated carbocycles. The minimum Gasteiger partial charge on any atom is -0.463 e. The lowest BCUT2D eigenvalue weighted by atomic mass is 10.1. The third-order valence-corrected chi connectivity index (χ3v) is 3.51. The zero-order valence-electron chi connectivity index (χ0n) is 13.7. The Morgan fingerprint density at radius 1 is 0.810 bits per heavy atom. The Labute approximate surface area is 133 Å². The van der Waals surface area contributed by atoms with Gasteiger partial charge < -0.3 is 4.74 Å². The number of allylic oxidation sites excluding steroid dienone is 1. The number of carbonyl (C=O) groups excluding carboxylic acids is 1. The summed E-state index contributed by atoms with van der Waals surface area (Å²) in [6, 6.07) is 0. The van der Waals surface area contributed by atoms with Crippen molar-refractivity contribution in [2.24, 2.45) is 0 Å². The summed E-state index contributed by atoms with van der Waals surface area (Å²) in [6.45, 7) is 4.55. The third-order valence-electron chi connectivity index (χ3n) is 3.51. The van der Waals surface area contributed by atoms with Crippen molar-refractivity contribution in [3.05, 3.63) is 12.2 Å². The van der Waals surface area contributed by atoms with Crippen LogP contribution in [0, 0.1) is 0 Å². The van der Waals surface area contributed by atoms with Gasteiger partial charge in [-0.1, -0.05) is 84.6 Å². The van der Waals surface area contributed by atoms with E-state index in [9.17, 15) is 4.79 Å². The Morgan fingerprint density at radius 2 is 1.29 bits per heavy atom. The van der Waals surface area contributed by atoms with Gasteiger partial charge in [0.2, 0.25) is 0 Å². The Bertz CT molecular complexity index is 234. The van der Waals surface area contributed by atoms with Crippen LogP contribution in [-0.2, 0) is 9.53 Å². The van der Waals surface area contributed by atoms with Crippen molar-refractivity contribution in [1.82, 2.24) is 0 Å². The maximum atomic E-state index is 11.0. The Hall–Kier alpha value is -0.790. The van der Waals surface area contributed by atoms with Crippen LogP contribution in [0.1, 0.15) is 98.3 Å². The van der Waals surface area contributed by atoms with Gasteiger partial charge >= 0.3 is 5.97 Å². The molecule has 0 radical (unpaired) electrons. The molecule has 0 aromatic rings. The lowest BCUT2D eigenvalue weighted by Gasteiger charge is -2.01. The van der Waals surface area contributed by atoms with Crippen LogP contribution in [-0.4, -0.2) is 12.6 Å². The monoisotopic (exact) mass is 298 g/mol. The molecule has 0 fully saturated rings. The van der Waals surface area contributed by atoms with E-state index in [1.165, 1.54) is 70.6 Å². The first-order valence-corrected chi connectivity index (χ1v) is 8.64. The molecule has 0 saturated heterocycles. The van der Waals surface area contributed by atoms with Gasteiger partial charge in [-0.05, 0) is 19.8 Å². The van der Waals surface area contributed by atoms with Crippen molar-refractivity contribution in [2.45, 2.75) is 98.3 Å². The molecule has 0 unspecified atom stereocenters. The topological polar surface area (TPSA) is 26.3 Å². The fourth-order valence-corrected chi connectivity index (χ4v) is 2.30. The number of esters is 1. The van der Waals surface area contributed by atoms with E-state index >= 15 is 0 Å². The van der Waals surface area contributed by atoms with Crippen molar-refractivity contribution in [1.29, 1.82) is 0 Å². The molecule has 0 aliphatic heterocycles. The van der Waals surface area contributed by atoms with Crippen LogP contribution < -0.4 is 0 Å². The minimum absolute atomic E-state index is 0. The van der Waals surface area contributed by atoms with Crippen molar-refractivity contribution < 1.29 is 9.53 Å². The Balaban J connectivity index is 0. The van der Waals surface area contributed by atoms with Crippen LogP contribution in [0.25, 0.3) is 0 Å². The number of hydrogen-bond acceptors (Lipinski definition) is 2. The second kappa shape index (κ2) is 19.2. The standard InChI is InChI=1S/C18H34O2.CH4/c1-3-5-6-7-8-9-10-11-12-13-14-15-16-17-18(19)20-4-2;/h16-17H,3-15H2,1-2H3;1H4. The van der Waals surface area contributed by atoms with Crippen LogP contribution in [0.2, 0.25) is 0 Å². The highest BCUT2D eigenvalue weighted by molar-refractivity contribution is 5.81. The number of ether oxygens (including phenoxy) is 1. The van der Waals surface area contributed by atoms with E-state index in [1.54, 1.807) is 6.08 Å². The first kappa shape index (κ1) is 22.5. The molecule has 2 nitrogen and oxygen atoms in total. The van der Waals surface area contributed by atoms with E-state index in [4.69, 9.17) is 4.74 Å². The molecule has 2 heteroatoms. The van der Waals surface area contributed by atoms with E-state index in [1.807, 2.05) is 13.0 Å². The molecule has 0 aliphatic carbocycles. The molecule has 0 aromatic heterocycles. The maximum absolute atomic E-state index is 11.0. The van der Waals surface area contributed by atoms with Gasteiger partial charge in [-0.25, -0.2) is 4.79 Å².